The van der Waals surface area contributed by atoms with Crippen molar-refractivity contribution in [1.29, 1.82) is 0 Å². The smallest absolute Gasteiger partial charge is 0.114 e. The number of allylic oxidation sites excluding steroid dienone is 4. The summed E-state index contributed by atoms with van der Waals surface area (Å²) in [5.74, 6) is 1.31. The van der Waals surface area contributed by atoms with E-state index in [9.17, 15) is 10.2 Å². The van der Waals surface area contributed by atoms with Crippen LogP contribution in [0.25, 0.3) is 0 Å². The molecule has 0 spiro atoms. The second-order valence-corrected chi connectivity index (χ2v) is 9.58. The van der Waals surface area contributed by atoms with Gasteiger partial charge in [0.25, 0.3) is 0 Å². The van der Waals surface area contributed by atoms with Gasteiger partial charge in [0.1, 0.15) is 13.6 Å². The van der Waals surface area contributed by atoms with E-state index in [1.807, 2.05) is 6.08 Å². The molecule has 2 N–H and O–H groups in total. The highest BCUT2D eigenvalue weighted by Crippen LogP contribution is 2.66. The molecule has 1 aromatic rings. The number of hydrogen-bond donors (Lipinski definition) is 2. The minimum atomic E-state index is -0.173. The Hall–Kier alpha value is -1.74. The zero-order valence-corrected chi connectivity index (χ0v) is 16.2. The third-order valence-corrected chi connectivity index (χ3v) is 7.99. The molecule has 0 heterocycles. The Bertz CT molecular complexity index is 839. The second-order valence-electron chi connectivity index (χ2n) is 9.58. The highest BCUT2D eigenvalue weighted by atomic mass is 16.3. The van der Waals surface area contributed by atoms with Gasteiger partial charge in [0.15, 0.2) is 0 Å². The molecule has 5 rings (SSSR count). The van der Waals surface area contributed by atoms with Crippen molar-refractivity contribution in [3.63, 3.8) is 0 Å². The Morgan fingerprint density at radius 3 is 2.74 bits per heavy atom. The molecule has 0 saturated heterocycles. The molecule has 4 aliphatic carbocycles. The highest BCUT2D eigenvalue weighted by molar-refractivity contribution is 6.18. The third-order valence-electron chi connectivity index (χ3n) is 7.99. The molecule has 0 amide bonds. The molecule has 2 fully saturated rings. The van der Waals surface area contributed by atoms with E-state index in [0.717, 1.165) is 32.1 Å². The minimum absolute atomic E-state index is 0.136. The van der Waals surface area contributed by atoms with E-state index in [1.54, 1.807) is 11.1 Å². The van der Waals surface area contributed by atoms with Gasteiger partial charge in [-0.1, -0.05) is 54.0 Å². The average Bonchev–Trinajstić information content (AvgIpc) is 2.96. The van der Waals surface area contributed by atoms with Crippen molar-refractivity contribution in [2.45, 2.75) is 56.4 Å². The maximum Gasteiger partial charge on any atom is 0.114 e. The second kappa shape index (κ2) is 6.14. The van der Waals surface area contributed by atoms with Crippen molar-refractivity contribution in [1.82, 2.24) is 0 Å². The van der Waals surface area contributed by atoms with Crippen molar-refractivity contribution in [2.75, 3.05) is 0 Å². The van der Waals surface area contributed by atoms with Gasteiger partial charge < -0.3 is 10.2 Å². The SMILES string of the molecule is B[C@@]12CC[C@]3(Cc4ccccc4)C(=C1C[C@H](O)C2)CCC1C=C(O)C=CC13. The summed E-state index contributed by atoms with van der Waals surface area (Å²) < 4.78 is 0. The van der Waals surface area contributed by atoms with Crippen LogP contribution in [0.3, 0.4) is 0 Å². The first-order chi connectivity index (χ1) is 13.0. The fourth-order valence-electron chi connectivity index (χ4n) is 6.82. The first kappa shape index (κ1) is 17.4. The average molecular weight is 360 g/mol. The van der Waals surface area contributed by atoms with E-state index in [1.165, 1.54) is 18.4 Å². The lowest BCUT2D eigenvalue weighted by Gasteiger charge is -2.55. The summed E-state index contributed by atoms with van der Waals surface area (Å²) in [6.45, 7) is 0. The summed E-state index contributed by atoms with van der Waals surface area (Å²) in [6, 6.07) is 10.9. The van der Waals surface area contributed by atoms with Crippen LogP contribution in [0.5, 0.6) is 0 Å². The lowest BCUT2D eigenvalue weighted by atomic mass is 9.46. The number of aliphatic hydroxyl groups excluding tert-OH is 2. The van der Waals surface area contributed by atoms with Crippen LogP contribution >= 0.6 is 0 Å². The number of rotatable bonds is 2. The fraction of sp³-hybridized carbons (Fsp3) is 0.500. The standard InChI is InChI=1S/C24H29BO2/c25-24-11-10-23(14-16-4-2-1-3-5-16)20-9-7-18(26)12-17(20)6-8-21(23)22(24)13-19(27)15-24/h1-5,7,9,12,17,19-20,26-27H,6,8,10-11,13-15,25H2/t17?,19-,20?,23+,24+/m0/s1. The van der Waals surface area contributed by atoms with E-state index in [0.29, 0.717) is 17.6 Å². The van der Waals surface area contributed by atoms with Gasteiger partial charge in [-0.05, 0) is 73.4 Å². The number of benzene rings is 1. The Morgan fingerprint density at radius 2 is 1.93 bits per heavy atom. The summed E-state index contributed by atoms with van der Waals surface area (Å²) in [5.41, 5.74) is 4.77. The lowest BCUT2D eigenvalue weighted by molar-refractivity contribution is 0.120. The molecule has 0 aromatic heterocycles. The number of fused-ring (bicyclic) bond motifs is 4. The Labute approximate surface area is 163 Å². The van der Waals surface area contributed by atoms with E-state index < -0.39 is 0 Å². The molecule has 0 aliphatic heterocycles. The van der Waals surface area contributed by atoms with Crippen molar-refractivity contribution in [3.8, 4) is 0 Å². The van der Waals surface area contributed by atoms with Crippen LogP contribution < -0.4 is 0 Å². The maximum atomic E-state index is 10.5. The first-order valence-corrected chi connectivity index (χ1v) is 10.5. The van der Waals surface area contributed by atoms with E-state index in [-0.39, 0.29) is 16.8 Å². The molecule has 3 heteroatoms. The Kier molecular flexibility index (Phi) is 3.95. The fourth-order valence-corrected chi connectivity index (χ4v) is 6.82. The third kappa shape index (κ3) is 2.66. The molecule has 140 valence electrons. The Morgan fingerprint density at radius 1 is 1.11 bits per heavy atom. The van der Waals surface area contributed by atoms with Gasteiger partial charge in [0, 0.05) is 5.41 Å². The molecule has 4 aliphatic rings. The topological polar surface area (TPSA) is 40.5 Å². The molecule has 27 heavy (non-hydrogen) atoms. The highest BCUT2D eigenvalue weighted by Gasteiger charge is 2.55. The van der Waals surface area contributed by atoms with Crippen molar-refractivity contribution in [2.24, 2.45) is 17.3 Å². The van der Waals surface area contributed by atoms with Gasteiger partial charge in [-0.3, -0.25) is 0 Å². The van der Waals surface area contributed by atoms with Gasteiger partial charge in [-0.2, -0.15) is 0 Å². The molecular formula is C24H29BO2. The molecule has 2 nitrogen and oxygen atoms in total. The van der Waals surface area contributed by atoms with Crippen molar-refractivity contribution < 1.29 is 10.2 Å². The summed E-state index contributed by atoms with van der Waals surface area (Å²) in [5, 5.41) is 20.7. The number of hydrogen-bond acceptors (Lipinski definition) is 2. The predicted molar refractivity (Wildman–Crippen MR) is 111 cm³/mol. The molecule has 2 saturated carbocycles. The van der Waals surface area contributed by atoms with Gasteiger partial charge in [-0.25, -0.2) is 0 Å². The van der Waals surface area contributed by atoms with Gasteiger partial charge in [0.05, 0.1) is 6.10 Å². The van der Waals surface area contributed by atoms with Gasteiger partial charge in [-0.15, -0.1) is 0 Å². The van der Waals surface area contributed by atoms with Gasteiger partial charge in [0.2, 0.25) is 0 Å². The Balaban J connectivity index is 1.65. The first-order valence-electron chi connectivity index (χ1n) is 10.5. The molecule has 5 atom stereocenters. The quantitative estimate of drug-likeness (QED) is 0.610. The molecular weight excluding hydrogens is 331 g/mol. The van der Waals surface area contributed by atoms with Crippen LogP contribution in [0.2, 0.25) is 5.31 Å². The van der Waals surface area contributed by atoms with Crippen LogP contribution in [0.15, 0.2) is 65.5 Å². The predicted octanol–water partition coefficient (Wildman–Crippen LogP) is 4.29. The molecule has 2 unspecified atom stereocenters. The van der Waals surface area contributed by atoms with Crippen LogP contribution in [-0.4, -0.2) is 24.2 Å². The maximum absolute atomic E-state index is 10.5. The van der Waals surface area contributed by atoms with Crippen LogP contribution in [-0.2, 0) is 6.42 Å². The monoisotopic (exact) mass is 360 g/mol. The lowest BCUT2D eigenvalue weighted by Crippen LogP contribution is -2.46. The van der Waals surface area contributed by atoms with Crippen molar-refractivity contribution >= 4 is 7.85 Å². The largest absolute Gasteiger partial charge is 0.508 e. The summed E-state index contributed by atoms with van der Waals surface area (Å²) >= 11 is 0. The zero-order valence-electron chi connectivity index (χ0n) is 16.2. The van der Waals surface area contributed by atoms with E-state index in [2.05, 4.69) is 50.3 Å². The molecule has 0 radical (unpaired) electrons. The summed E-state index contributed by atoms with van der Waals surface area (Å²) in [6.07, 6.45) is 13.6. The van der Waals surface area contributed by atoms with Crippen molar-refractivity contribution in [3.05, 3.63) is 71.0 Å². The van der Waals surface area contributed by atoms with E-state index in [4.69, 9.17) is 0 Å². The van der Waals surface area contributed by atoms with Crippen LogP contribution in [0.1, 0.15) is 44.1 Å². The minimum Gasteiger partial charge on any atom is -0.508 e. The number of aliphatic hydroxyl groups is 2. The van der Waals surface area contributed by atoms with Gasteiger partial charge >= 0.3 is 0 Å². The molecule has 0 bridgehead atoms. The van der Waals surface area contributed by atoms with Crippen LogP contribution in [0, 0.1) is 17.3 Å². The van der Waals surface area contributed by atoms with E-state index >= 15 is 0 Å². The normalized spacial score (nSPS) is 40.2. The van der Waals surface area contributed by atoms with Crippen LogP contribution in [0.4, 0.5) is 0 Å². The summed E-state index contributed by atoms with van der Waals surface area (Å²) in [4.78, 5) is 0. The zero-order chi connectivity index (χ0) is 18.6. The molecule has 1 aromatic carbocycles. The summed E-state index contributed by atoms with van der Waals surface area (Å²) in [7, 11) is 2.38.